The van der Waals surface area contributed by atoms with Crippen LogP contribution < -0.4 is 5.32 Å². The van der Waals surface area contributed by atoms with Crippen molar-refractivity contribution >= 4 is 65.7 Å². The van der Waals surface area contributed by atoms with Crippen LogP contribution in [0.4, 0.5) is 10.8 Å². The Morgan fingerprint density at radius 3 is 2.49 bits per heavy atom. The van der Waals surface area contributed by atoms with Crippen molar-refractivity contribution in [2.75, 3.05) is 31.6 Å². The summed E-state index contributed by atoms with van der Waals surface area (Å²) in [6.07, 6.45) is 0. The minimum absolute atomic E-state index is 0.000318. The van der Waals surface area contributed by atoms with Gasteiger partial charge in [0.2, 0.25) is 10.0 Å². The summed E-state index contributed by atoms with van der Waals surface area (Å²) >= 11 is 6.95. The Labute approximate surface area is 231 Å². The molecule has 1 N–H and O–H groups in total. The number of nitro benzene ring substituents is 1. The topological polar surface area (TPSA) is 149 Å². The second-order valence-corrected chi connectivity index (χ2v) is 11.8. The Bertz CT molecular complexity index is 1730. The van der Waals surface area contributed by atoms with E-state index < -0.39 is 32.3 Å². The van der Waals surface area contributed by atoms with Gasteiger partial charge in [-0.05, 0) is 36.4 Å². The normalized spacial score (nSPS) is 14.3. The number of morpholine rings is 1. The van der Waals surface area contributed by atoms with Crippen molar-refractivity contribution < 1.29 is 27.7 Å². The molecule has 0 saturated carbocycles. The summed E-state index contributed by atoms with van der Waals surface area (Å²) in [6.45, 7) is 1.20. The van der Waals surface area contributed by atoms with Gasteiger partial charge in [0.25, 0.3) is 11.6 Å². The Morgan fingerprint density at radius 2 is 1.77 bits per heavy atom. The molecule has 4 aromatic rings. The molecular formula is C25H19ClN4O7S2. The number of ketones is 1. The first-order chi connectivity index (χ1) is 18.6. The highest BCUT2D eigenvalue weighted by atomic mass is 35.5. The van der Waals surface area contributed by atoms with E-state index in [2.05, 4.69) is 10.3 Å². The maximum absolute atomic E-state index is 13.2. The maximum atomic E-state index is 13.2. The summed E-state index contributed by atoms with van der Waals surface area (Å²) in [5, 5.41) is 14.0. The van der Waals surface area contributed by atoms with Crippen LogP contribution >= 0.6 is 22.9 Å². The molecule has 0 spiro atoms. The smallest absolute Gasteiger partial charge is 0.288 e. The Morgan fingerprint density at radius 1 is 1.05 bits per heavy atom. The summed E-state index contributed by atoms with van der Waals surface area (Å²) < 4.78 is 33.2. The van der Waals surface area contributed by atoms with E-state index in [0.717, 1.165) is 17.4 Å². The zero-order valence-corrected chi connectivity index (χ0v) is 22.4. The average Bonchev–Trinajstić information content (AvgIpc) is 3.34. The first-order valence-electron chi connectivity index (χ1n) is 11.5. The fraction of sp³-hybridized carbons (Fsp3) is 0.160. The quantitative estimate of drug-likeness (QED) is 0.191. The van der Waals surface area contributed by atoms with Gasteiger partial charge in [0.1, 0.15) is 5.02 Å². The number of carbonyl (C=O) groups excluding carboxylic acids is 2. The molecule has 2 heterocycles. The molecule has 14 heteroatoms. The number of ether oxygens (including phenoxy) is 1. The van der Waals surface area contributed by atoms with Crippen LogP contribution in [0.25, 0.3) is 10.2 Å². The number of nitrogens with zero attached hydrogens (tertiary/aromatic N) is 3. The van der Waals surface area contributed by atoms with E-state index in [1.165, 1.54) is 40.7 Å². The highest BCUT2D eigenvalue weighted by Crippen LogP contribution is 2.31. The van der Waals surface area contributed by atoms with Crippen LogP contribution in [-0.2, 0) is 14.8 Å². The van der Waals surface area contributed by atoms with Gasteiger partial charge >= 0.3 is 0 Å². The second-order valence-electron chi connectivity index (χ2n) is 8.42. The molecular weight excluding hydrogens is 568 g/mol. The number of anilines is 1. The number of amides is 1. The number of carbonyl (C=O) groups is 2. The molecule has 200 valence electrons. The van der Waals surface area contributed by atoms with Crippen molar-refractivity contribution in [1.82, 2.24) is 9.29 Å². The van der Waals surface area contributed by atoms with Gasteiger partial charge in [-0.25, -0.2) is 13.4 Å². The van der Waals surface area contributed by atoms with Crippen LogP contribution in [0, 0.1) is 10.1 Å². The lowest BCUT2D eigenvalue weighted by Crippen LogP contribution is -2.40. The van der Waals surface area contributed by atoms with E-state index in [1.807, 2.05) is 0 Å². The fourth-order valence-electron chi connectivity index (χ4n) is 4.05. The van der Waals surface area contributed by atoms with E-state index >= 15 is 0 Å². The zero-order chi connectivity index (χ0) is 27.7. The number of sulfonamides is 1. The standard InChI is InChI=1S/C25H19ClN4O7S2/c26-19-7-5-15(13-21(19)30(33)34)23(31)17-3-1-2-4-18(17)24(32)28-25-27-20-8-6-16(14-22(20)38-25)39(35,36)29-9-11-37-12-10-29/h1-8,13-14H,9-12H2,(H,27,28,32). The van der Waals surface area contributed by atoms with Crippen molar-refractivity contribution in [2.24, 2.45) is 0 Å². The molecule has 3 aromatic carbocycles. The number of rotatable bonds is 7. The number of aromatic nitrogens is 1. The van der Waals surface area contributed by atoms with Crippen molar-refractivity contribution in [3.8, 4) is 0 Å². The molecule has 0 radical (unpaired) electrons. The lowest BCUT2D eigenvalue weighted by Gasteiger charge is -2.25. The number of nitro groups is 1. The van der Waals surface area contributed by atoms with Crippen molar-refractivity contribution in [2.45, 2.75) is 4.90 Å². The largest absolute Gasteiger partial charge is 0.379 e. The van der Waals surface area contributed by atoms with E-state index in [9.17, 15) is 28.1 Å². The molecule has 5 rings (SSSR count). The number of benzene rings is 3. The molecule has 1 aliphatic rings. The molecule has 1 amide bonds. The van der Waals surface area contributed by atoms with Crippen molar-refractivity contribution in [3.63, 3.8) is 0 Å². The predicted octanol–water partition coefficient (Wildman–Crippen LogP) is 4.36. The molecule has 0 bridgehead atoms. The number of hydrogen-bond donors (Lipinski definition) is 1. The van der Waals surface area contributed by atoms with E-state index in [0.29, 0.717) is 23.4 Å². The minimum atomic E-state index is -3.71. The summed E-state index contributed by atoms with van der Waals surface area (Å²) in [6, 6.07) is 14.3. The second kappa shape index (κ2) is 10.8. The summed E-state index contributed by atoms with van der Waals surface area (Å²) in [4.78, 5) is 41.4. The van der Waals surface area contributed by atoms with E-state index in [-0.39, 0.29) is 44.8 Å². The molecule has 1 aromatic heterocycles. The van der Waals surface area contributed by atoms with Crippen LogP contribution in [0.15, 0.2) is 65.6 Å². The lowest BCUT2D eigenvalue weighted by atomic mass is 9.97. The van der Waals surface area contributed by atoms with Gasteiger partial charge in [0, 0.05) is 30.3 Å². The number of nitrogens with one attached hydrogen (secondary N) is 1. The minimum Gasteiger partial charge on any atom is -0.379 e. The van der Waals surface area contributed by atoms with Gasteiger partial charge in [-0.1, -0.05) is 41.1 Å². The van der Waals surface area contributed by atoms with Crippen molar-refractivity contribution in [1.29, 1.82) is 0 Å². The molecule has 1 aliphatic heterocycles. The van der Waals surface area contributed by atoms with Gasteiger partial charge in [0.05, 0.1) is 38.8 Å². The van der Waals surface area contributed by atoms with Gasteiger partial charge in [0.15, 0.2) is 10.9 Å². The number of hydrogen-bond acceptors (Lipinski definition) is 9. The Kier molecular flexibility index (Phi) is 7.42. The van der Waals surface area contributed by atoms with Gasteiger partial charge < -0.3 is 4.74 Å². The molecule has 0 unspecified atom stereocenters. The number of fused-ring (bicyclic) bond motifs is 1. The first kappa shape index (κ1) is 26.8. The van der Waals surface area contributed by atoms with Gasteiger partial charge in [-0.15, -0.1) is 0 Å². The summed E-state index contributed by atoms with van der Waals surface area (Å²) in [5.74, 6) is -1.22. The third-order valence-electron chi connectivity index (χ3n) is 6.01. The number of thiazole rings is 1. The van der Waals surface area contributed by atoms with E-state index in [4.69, 9.17) is 16.3 Å². The van der Waals surface area contributed by atoms with Crippen LogP contribution in [0.2, 0.25) is 5.02 Å². The number of halogens is 1. The van der Waals surface area contributed by atoms with Gasteiger partial charge in [-0.2, -0.15) is 4.31 Å². The highest BCUT2D eigenvalue weighted by molar-refractivity contribution is 7.89. The summed E-state index contributed by atoms with van der Waals surface area (Å²) in [5.41, 5.74) is 0.143. The maximum Gasteiger partial charge on any atom is 0.288 e. The fourth-order valence-corrected chi connectivity index (χ4v) is 6.64. The summed E-state index contributed by atoms with van der Waals surface area (Å²) in [7, 11) is -3.71. The Balaban J connectivity index is 1.40. The van der Waals surface area contributed by atoms with Crippen LogP contribution in [0.1, 0.15) is 26.3 Å². The average molecular weight is 587 g/mol. The third-order valence-corrected chi connectivity index (χ3v) is 9.16. The van der Waals surface area contributed by atoms with Gasteiger partial charge in [-0.3, -0.25) is 25.0 Å². The molecule has 0 atom stereocenters. The highest BCUT2D eigenvalue weighted by Gasteiger charge is 2.27. The first-order valence-corrected chi connectivity index (χ1v) is 14.2. The van der Waals surface area contributed by atoms with Crippen LogP contribution in [0.5, 0.6) is 0 Å². The van der Waals surface area contributed by atoms with Crippen molar-refractivity contribution in [3.05, 3.63) is 92.5 Å². The molecule has 1 fully saturated rings. The molecule has 11 nitrogen and oxygen atoms in total. The molecule has 39 heavy (non-hydrogen) atoms. The Hall–Kier alpha value is -3.75. The molecule has 1 saturated heterocycles. The molecule has 0 aliphatic carbocycles. The van der Waals surface area contributed by atoms with Crippen LogP contribution in [0.3, 0.4) is 0 Å². The van der Waals surface area contributed by atoms with E-state index in [1.54, 1.807) is 18.2 Å². The SMILES string of the molecule is O=C(Nc1nc2ccc(S(=O)(=O)N3CCOCC3)cc2s1)c1ccccc1C(=O)c1ccc(Cl)c([N+](=O)[O-])c1. The monoisotopic (exact) mass is 586 g/mol. The lowest BCUT2D eigenvalue weighted by molar-refractivity contribution is -0.384. The predicted molar refractivity (Wildman–Crippen MR) is 145 cm³/mol. The third kappa shape index (κ3) is 5.40. The van der Waals surface area contributed by atoms with Crippen LogP contribution in [-0.4, -0.2) is 60.6 Å². The zero-order valence-electron chi connectivity index (χ0n) is 20.0.